The minimum Gasteiger partial charge on any atom is -0.550 e. The van der Waals surface area contributed by atoms with E-state index in [1.54, 1.807) is 0 Å². The van der Waals surface area contributed by atoms with Crippen LogP contribution in [0.25, 0.3) is 0 Å². The Bertz CT molecular complexity index is 552. The molecular formula is C15H15NO5-2. The Kier molecular flexibility index (Phi) is 4.57. The van der Waals surface area contributed by atoms with Gasteiger partial charge in [-0.1, -0.05) is 25.0 Å². The van der Waals surface area contributed by atoms with Crippen molar-refractivity contribution >= 4 is 23.5 Å². The number of amides is 1. The van der Waals surface area contributed by atoms with Crippen molar-refractivity contribution in [2.45, 2.75) is 25.7 Å². The summed E-state index contributed by atoms with van der Waals surface area (Å²) in [6, 6.07) is 5.53. The molecule has 1 aliphatic rings. The van der Waals surface area contributed by atoms with E-state index in [0.717, 1.165) is 12.8 Å². The van der Waals surface area contributed by atoms with E-state index in [2.05, 4.69) is 5.32 Å². The SMILES string of the molecule is O=C([O-])c1ccc(NC(=O)[C@@H]2CCCC[C@H]2C(=O)[O-])cc1. The Morgan fingerprint density at radius 2 is 1.52 bits per heavy atom. The molecule has 1 N–H and O–H groups in total. The third-order valence-corrected chi connectivity index (χ3v) is 3.79. The highest BCUT2D eigenvalue weighted by Crippen LogP contribution is 2.30. The van der Waals surface area contributed by atoms with Gasteiger partial charge < -0.3 is 25.1 Å². The summed E-state index contributed by atoms with van der Waals surface area (Å²) < 4.78 is 0. The van der Waals surface area contributed by atoms with Gasteiger partial charge in [0.15, 0.2) is 0 Å². The molecule has 0 unspecified atom stereocenters. The molecule has 1 aromatic carbocycles. The first-order chi connectivity index (χ1) is 9.99. The lowest BCUT2D eigenvalue weighted by Gasteiger charge is -2.31. The Morgan fingerprint density at radius 1 is 0.952 bits per heavy atom. The zero-order valence-corrected chi connectivity index (χ0v) is 11.3. The van der Waals surface area contributed by atoms with Gasteiger partial charge in [0.25, 0.3) is 0 Å². The van der Waals surface area contributed by atoms with Crippen LogP contribution in [-0.2, 0) is 9.59 Å². The maximum atomic E-state index is 12.2. The molecule has 0 heterocycles. The van der Waals surface area contributed by atoms with E-state index < -0.39 is 23.8 Å². The van der Waals surface area contributed by atoms with Crippen LogP contribution in [0.15, 0.2) is 24.3 Å². The second-order valence-electron chi connectivity index (χ2n) is 5.17. The van der Waals surface area contributed by atoms with Crippen molar-refractivity contribution in [3.63, 3.8) is 0 Å². The third-order valence-electron chi connectivity index (χ3n) is 3.79. The molecule has 2 rings (SSSR count). The smallest absolute Gasteiger partial charge is 0.228 e. The van der Waals surface area contributed by atoms with Crippen molar-refractivity contribution in [2.75, 3.05) is 5.32 Å². The first kappa shape index (κ1) is 15.0. The van der Waals surface area contributed by atoms with Gasteiger partial charge in [0.1, 0.15) is 0 Å². The lowest BCUT2D eigenvalue weighted by molar-refractivity contribution is -0.313. The molecule has 1 aliphatic carbocycles. The molecule has 112 valence electrons. The molecule has 0 aliphatic heterocycles. The number of benzene rings is 1. The van der Waals surface area contributed by atoms with Crippen LogP contribution in [0.3, 0.4) is 0 Å². The summed E-state index contributed by atoms with van der Waals surface area (Å²) in [4.78, 5) is 33.9. The van der Waals surface area contributed by atoms with Gasteiger partial charge in [-0.05, 0) is 30.5 Å². The van der Waals surface area contributed by atoms with Gasteiger partial charge in [-0.25, -0.2) is 0 Å². The van der Waals surface area contributed by atoms with Crippen LogP contribution >= 0.6 is 0 Å². The third kappa shape index (κ3) is 3.59. The Morgan fingerprint density at radius 3 is 2.05 bits per heavy atom. The quantitative estimate of drug-likeness (QED) is 0.807. The number of carboxylic acids is 2. The minimum atomic E-state index is -1.29. The average molecular weight is 289 g/mol. The Labute approximate surface area is 121 Å². The molecule has 21 heavy (non-hydrogen) atoms. The van der Waals surface area contributed by atoms with E-state index in [1.165, 1.54) is 24.3 Å². The van der Waals surface area contributed by atoms with Crippen molar-refractivity contribution in [1.29, 1.82) is 0 Å². The number of rotatable bonds is 4. The molecule has 1 saturated carbocycles. The zero-order chi connectivity index (χ0) is 15.4. The van der Waals surface area contributed by atoms with E-state index in [1.807, 2.05) is 0 Å². The van der Waals surface area contributed by atoms with Crippen LogP contribution in [0.1, 0.15) is 36.0 Å². The summed E-state index contributed by atoms with van der Waals surface area (Å²) in [6.45, 7) is 0. The first-order valence-electron chi connectivity index (χ1n) is 6.82. The summed E-state index contributed by atoms with van der Waals surface area (Å²) in [5.41, 5.74) is 0.436. The van der Waals surface area contributed by atoms with Crippen LogP contribution in [0.5, 0.6) is 0 Å². The molecule has 2 atom stereocenters. The highest BCUT2D eigenvalue weighted by Gasteiger charge is 2.31. The topological polar surface area (TPSA) is 109 Å². The molecular weight excluding hydrogens is 274 g/mol. The van der Waals surface area contributed by atoms with Crippen LogP contribution in [0.4, 0.5) is 5.69 Å². The number of aromatic carboxylic acids is 1. The van der Waals surface area contributed by atoms with Gasteiger partial charge in [0.2, 0.25) is 5.91 Å². The largest absolute Gasteiger partial charge is 0.550 e. The number of carbonyl (C=O) groups is 3. The van der Waals surface area contributed by atoms with Gasteiger partial charge in [-0.3, -0.25) is 4.79 Å². The predicted molar refractivity (Wildman–Crippen MR) is 69.9 cm³/mol. The summed E-state index contributed by atoms with van der Waals surface area (Å²) >= 11 is 0. The van der Waals surface area contributed by atoms with Gasteiger partial charge >= 0.3 is 0 Å². The zero-order valence-electron chi connectivity index (χ0n) is 11.3. The molecule has 0 aromatic heterocycles. The fraction of sp³-hybridized carbons (Fsp3) is 0.400. The molecule has 0 radical (unpaired) electrons. The highest BCUT2D eigenvalue weighted by atomic mass is 16.4. The second kappa shape index (κ2) is 6.39. The van der Waals surface area contributed by atoms with Crippen LogP contribution in [0.2, 0.25) is 0 Å². The van der Waals surface area contributed by atoms with Crippen LogP contribution < -0.4 is 15.5 Å². The number of anilines is 1. The van der Waals surface area contributed by atoms with Crippen LogP contribution in [0, 0.1) is 11.8 Å². The van der Waals surface area contributed by atoms with Crippen molar-refractivity contribution < 1.29 is 24.6 Å². The van der Waals surface area contributed by atoms with E-state index in [9.17, 15) is 24.6 Å². The molecule has 1 aromatic rings. The average Bonchev–Trinajstić information content (AvgIpc) is 2.47. The number of aliphatic carboxylic acids is 1. The van der Waals surface area contributed by atoms with Gasteiger partial charge in [0, 0.05) is 23.5 Å². The number of carboxylic acid groups (broad SMARTS) is 2. The predicted octanol–water partition coefficient (Wildman–Crippen LogP) is -0.455. The Hall–Kier alpha value is -2.37. The monoisotopic (exact) mass is 289 g/mol. The molecule has 1 fully saturated rings. The number of nitrogens with one attached hydrogen (secondary N) is 1. The Balaban J connectivity index is 2.05. The second-order valence-corrected chi connectivity index (χ2v) is 5.17. The van der Waals surface area contributed by atoms with Gasteiger partial charge in [0.05, 0.1) is 5.97 Å². The van der Waals surface area contributed by atoms with Crippen molar-refractivity contribution in [1.82, 2.24) is 0 Å². The van der Waals surface area contributed by atoms with E-state index >= 15 is 0 Å². The lowest BCUT2D eigenvalue weighted by atomic mass is 9.78. The number of carbonyl (C=O) groups excluding carboxylic acids is 3. The summed E-state index contributed by atoms with van der Waals surface area (Å²) in [5, 5.41) is 24.3. The van der Waals surface area contributed by atoms with E-state index in [4.69, 9.17) is 0 Å². The normalized spacial score (nSPS) is 21.5. The van der Waals surface area contributed by atoms with Gasteiger partial charge in [-0.2, -0.15) is 0 Å². The molecule has 0 bridgehead atoms. The summed E-state index contributed by atoms with van der Waals surface area (Å²) in [5.74, 6) is -4.23. The van der Waals surface area contributed by atoms with E-state index in [-0.39, 0.29) is 11.5 Å². The summed E-state index contributed by atoms with van der Waals surface area (Å²) in [6.07, 6.45) is 2.56. The van der Waals surface area contributed by atoms with Crippen molar-refractivity contribution in [3.05, 3.63) is 29.8 Å². The molecule has 6 nitrogen and oxygen atoms in total. The first-order valence-corrected chi connectivity index (χ1v) is 6.82. The van der Waals surface area contributed by atoms with E-state index in [0.29, 0.717) is 18.5 Å². The van der Waals surface area contributed by atoms with Crippen LogP contribution in [-0.4, -0.2) is 17.8 Å². The van der Waals surface area contributed by atoms with Crippen molar-refractivity contribution in [3.8, 4) is 0 Å². The molecule has 6 heteroatoms. The van der Waals surface area contributed by atoms with Gasteiger partial charge in [-0.15, -0.1) is 0 Å². The minimum absolute atomic E-state index is 0.0123. The fourth-order valence-electron chi connectivity index (χ4n) is 2.65. The number of hydrogen-bond acceptors (Lipinski definition) is 5. The molecule has 0 spiro atoms. The fourth-order valence-corrected chi connectivity index (χ4v) is 2.65. The van der Waals surface area contributed by atoms with Crippen molar-refractivity contribution in [2.24, 2.45) is 11.8 Å². The number of hydrogen-bond donors (Lipinski definition) is 1. The standard InChI is InChI=1S/C15H17NO5/c17-13(11-3-1-2-4-12(11)15(20)21)16-10-7-5-9(6-8-10)14(18)19/h5-8,11-12H,1-4H2,(H,16,17)(H,18,19)(H,20,21)/p-2/t11-,12-/m1/s1. The summed E-state index contributed by atoms with van der Waals surface area (Å²) in [7, 11) is 0. The molecule has 1 amide bonds. The maximum Gasteiger partial charge on any atom is 0.228 e. The highest BCUT2D eigenvalue weighted by molar-refractivity contribution is 5.95. The maximum absolute atomic E-state index is 12.2. The lowest BCUT2D eigenvalue weighted by Crippen LogP contribution is -2.42. The molecule has 0 saturated heterocycles.